The van der Waals surface area contributed by atoms with Gasteiger partial charge in [0.2, 0.25) is 0 Å². The van der Waals surface area contributed by atoms with Crippen LogP contribution < -0.4 is 5.09 Å². The van der Waals surface area contributed by atoms with E-state index in [1.54, 1.807) is 0 Å². The quantitative estimate of drug-likeness (QED) is 0.604. The molecule has 0 aromatic heterocycles. The first-order valence-corrected chi connectivity index (χ1v) is 7.20. The third kappa shape index (κ3) is 3.42. The minimum atomic E-state index is -3.34. The summed E-state index contributed by atoms with van der Waals surface area (Å²) in [6.45, 7) is 0.192. The average molecular weight is 257 g/mol. The molecule has 1 rings (SSSR count). The molecule has 0 aromatic rings. The van der Waals surface area contributed by atoms with Crippen molar-refractivity contribution in [1.82, 2.24) is 9.99 Å². The molecule has 1 aliphatic rings. The van der Waals surface area contributed by atoms with E-state index in [0.29, 0.717) is 0 Å². The Balaban J connectivity index is 2.36. The van der Waals surface area contributed by atoms with Crippen LogP contribution in [0.3, 0.4) is 0 Å². The molecule has 5 nitrogen and oxygen atoms in total. The number of nitrogens with one attached hydrogen (secondary N) is 1. The largest absolute Gasteiger partial charge is 0.319 e. The lowest BCUT2D eigenvalue weighted by Crippen LogP contribution is -2.35. The van der Waals surface area contributed by atoms with Gasteiger partial charge in [-0.15, -0.1) is 0 Å². The van der Waals surface area contributed by atoms with E-state index in [1.165, 1.54) is 12.2 Å². The van der Waals surface area contributed by atoms with Crippen molar-refractivity contribution in [2.75, 3.05) is 13.1 Å². The second kappa shape index (κ2) is 4.45. The fourth-order valence-electron chi connectivity index (χ4n) is 0.943. The van der Waals surface area contributed by atoms with Gasteiger partial charge in [-0.2, -0.15) is 0 Å². The number of hydrogen-bond acceptors (Lipinski definition) is 3. The zero-order chi connectivity index (χ0) is 10.8. The third-order valence-electron chi connectivity index (χ3n) is 1.53. The minimum Gasteiger partial charge on any atom is -0.274 e. The Morgan fingerprint density at radius 2 is 1.79 bits per heavy atom. The zero-order valence-electron chi connectivity index (χ0n) is 6.94. The van der Waals surface area contributed by atoms with Gasteiger partial charge in [0.15, 0.2) is 0 Å². The summed E-state index contributed by atoms with van der Waals surface area (Å²) in [4.78, 5) is 23.0. The summed E-state index contributed by atoms with van der Waals surface area (Å²) in [6.07, 6.45) is 2.34. The second-order valence-corrected chi connectivity index (χ2v) is 7.15. The molecule has 0 spiro atoms. The first kappa shape index (κ1) is 11.7. The molecule has 0 atom stereocenters. The van der Waals surface area contributed by atoms with Crippen molar-refractivity contribution in [3.8, 4) is 0 Å². The molecule has 1 N–H and O–H groups in total. The molecule has 78 valence electrons. The van der Waals surface area contributed by atoms with E-state index in [4.69, 9.17) is 22.5 Å². The summed E-state index contributed by atoms with van der Waals surface area (Å²) < 4.78 is 10.8. The second-order valence-electron chi connectivity index (χ2n) is 2.53. The molecule has 0 unspecified atom stereocenters. The highest BCUT2D eigenvalue weighted by Gasteiger charge is 2.23. The van der Waals surface area contributed by atoms with E-state index < -0.39 is 17.8 Å². The topological polar surface area (TPSA) is 66.5 Å². The molecule has 2 amide bonds. The lowest BCUT2D eigenvalue weighted by molar-refractivity contribution is -0.136. The molecule has 8 heteroatoms. The highest BCUT2D eigenvalue weighted by Crippen LogP contribution is 2.51. The maximum atomic E-state index is 11.0. The number of carbonyl (C=O) groups is 2. The highest BCUT2D eigenvalue weighted by atomic mass is 35.9. The minimum absolute atomic E-state index is 0.0914. The summed E-state index contributed by atoms with van der Waals surface area (Å²) in [7, 11) is 0. The van der Waals surface area contributed by atoms with Crippen molar-refractivity contribution in [2.24, 2.45) is 0 Å². The van der Waals surface area contributed by atoms with Crippen molar-refractivity contribution < 1.29 is 14.2 Å². The van der Waals surface area contributed by atoms with Crippen LogP contribution in [-0.4, -0.2) is 29.8 Å². The lowest BCUT2D eigenvalue weighted by atomic mass is 10.5. The van der Waals surface area contributed by atoms with Crippen molar-refractivity contribution in [1.29, 1.82) is 0 Å². The van der Waals surface area contributed by atoms with Crippen molar-refractivity contribution in [3.63, 3.8) is 0 Å². The third-order valence-corrected chi connectivity index (χ3v) is 2.84. The summed E-state index contributed by atoms with van der Waals surface area (Å²) >= 11 is 10.4. The molecule has 0 saturated heterocycles. The summed E-state index contributed by atoms with van der Waals surface area (Å²) in [6, 6.07) is 0. The molecule has 1 aliphatic heterocycles. The number of carbonyl (C=O) groups excluding carboxylic acids is 2. The molecule has 0 bridgehead atoms. The van der Waals surface area contributed by atoms with Gasteiger partial charge in [0.05, 0.1) is 0 Å². The Kier molecular flexibility index (Phi) is 3.72. The first-order chi connectivity index (χ1) is 6.40. The van der Waals surface area contributed by atoms with Gasteiger partial charge in [-0.3, -0.25) is 19.1 Å². The van der Waals surface area contributed by atoms with E-state index in [2.05, 4.69) is 5.09 Å². The molecule has 1 heterocycles. The van der Waals surface area contributed by atoms with Crippen LogP contribution in [0.2, 0.25) is 0 Å². The van der Waals surface area contributed by atoms with Gasteiger partial charge in [0.25, 0.3) is 11.8 Å². The summed E-state index contributed by atoms with van der Waals surface area (Å²) in [5.41, 5.74) is 0. The summed E-state index contributed by atoms with van der Waals surface area (Å²) in [5, 5.41) is 2.30. The predicted molar refractivity (Wildman–Crippen MR) is 53.2 cm³/mol. The highest BCUT2D eigenvalue weighted by molar-refractivity contribution is 8.07. The van der Waals surface area contributed by atoms with Gasteiger partial charge in [0, 0.05) is 25.2 Å². The first-order valence-electron chi connectivity index (χ1n) is 3.68. The lowest BCUT2D eigenvalue weighted by Gasteiger charge is -2.13. The van der Waals surface area contributed by atoms with Crippen LogP contribution in [0, 0.1) is 0 Å². The van der Waals surface area contributed by atoms with E-state index in [9.17, 15) is 14.2 Å². The molecule has 0 aromatic carbocycles. The van der Waals surface area contributed by atoms with Crippen LogP contribution in [0.4, 0.5) is 0 Å². The summed E-state index contributed by atoms with van der Waals surface area (Å²) in [5.74, 6) is -4.12. The molecule has 0 fully saturated rings. The van der Waals surface area contributed by atoms with E-state index in [0.717, 1.165) is 4.90 Å². The van der Waals surface area contributed by atoms with Crippen molar-refractivity contribution >= 4 is 40.3 Å². The van der Waals surface area contributed by atoms with Gasteiger partial charge in [-0.05, 0) is 22.5 Å². The van der Waals surface area contributed by atoms with Crippen LogP contribution in [0.1, 0.15) is 0 Å². The molecular weight excluding hydrogens is 250 g/mol. The maximum absolute atomic E-state index is 11.0. The Bertz CT molecular complexity index is 320. The molecule has 0 saturated carbocycles. The number of rotatable bonds is 4. The van der Waals surface area contributed by atoms with Crippen molar-refractivity contribution in [2.45, 2.75) is 0 Å². The van der Waals surface area contributed by atoms with E-state index in [-0.39, 0.29) is 13.1 Å². The standard InChI is InChI=1S/C6H7Cl2N2O3P/c7-14(8,13)9-3-4-10-5(11)1-2-6(10)12/h1-2H,3-4H2,(H,9,13). The van der Waals surface area contributed by atoms with Gasteiger partial charge in [0.1, 0.15) is 0 Å². The van der Waals surface area contributed by atoms with Gasteiger partial charge in [-0.25, -0.2) is 5.09 Å². The fourth-order valence-corrected chi connectivity index (χ4v) is 1.81. The van der Waals surface area contributed by atoms with Crippen LogP contribution in [0.25, 0.3) is 0 Å². The molecule has 0 radical (unpaired) electrons. The van der Waals surface area contributed by atoms with Gasteiger partial charge < -0.3 is 0 Å². The number of imide groups is 1. The molecule has 0 aliphatic carbocycles. The van der Waals surface area contributed by atoms with Crippen LogP contribution in [-0.2, 0) is 14.2 Å². The van der Waals surface area contributed by atoms with E-state index >= 15 is 0 Å². The van der Waals surface area contributed by atoms with Crippen LogP contribution in [0.5, 0.6) is 0 Å². The number of halogens is 2. The van der Waals surface area contributed by atoms with Crippen molar-refractivity contribution in [3.05, 3.63) is 12.2 Å². The SMILES string of the molecule is O=C1C=CC(=O)N1CCNP(=O)(Cl)Cl. The fraction of sp³-hybridized carbons (Fsp3) is 0.333. The maximum Gasteiger partial charge on any atom is 0.319 e. The van der Waals surface area contributed by atoms with Crippen LogP contribution in [0.15, 0.2) is 12.2 Å². The Morgan fingerprint density at radius 3 is 2.21 bits per heavy atom. The van der Waals surface area contributed by atoms with Crippen LogP contribution >= 0.6 is 28.5 Å². The number of amides is 2. The Labute approximate surface area is 90.0 Å². The van der Waals surface area contributed by atoms with Gasteiger partial charge in [-0.1, -0.05) is 0 Å². The van der Waals surface area contributed by atoms with E-state index in [1.807, 2.05) is 0 Å². The average Bonchev–Trinajstić information content (AvgIpc) is 2.33. The number of nitrogens with zero attached hydrogens (tertiary/aromatic N) is 1. The normalized spacial score (nSPS) is 16.9. The smallest absolute Gasteiger partial charge is 0.274 e. The predicted octanol–water partition coefficient (Wildman–Crippen LogP) is 1.09. The Hall–Kier alpha value is -0.350. The molecule has 14 heavy (non-hydrogen) atoms. The molecular formula is C6H7Cl2N2O3P. The van der Waals surface area contributed by atoms with Gasteiger partial charge >= 0.3 is 6.00 Å². The Morgan fingerprint density at radius 1 is 1.29 bits per heavy atom. The monoisotopic (exact) mass is 256 g/mol. The number of hydrogen-bond donors (Lipinski definition) is 1. The zero-order valence-corrected chi connectivity index (χ0v) is 9.35.